The standard InChI is InChI=1S/C18H31N3/c1-5-19-12-6-7-17-14(3)20-18(21-15(17)4)16-10-8-13(2)9-11-16/h13,16,19H,5-12H2,1-4H3. The van der Waals surface area contributed by atoms with Gasteiger partial charge in [0.1, 0.15) is 5.82 Å². The first-order valence-corrected chi connectivity index (χ1v) is 8.66. The Morgan fingerprint density at radius 1 is 1.05 bits per heavy atom. The van der Waals surface area contributed by atoms with E-state index in [9.17, 15) is 0 Å². The summed E-state index contributed by atoms with van der Waals surface area (Å²) in [6.45, 7) is 11.0. The lowest BCUT2D eigenvalue weighted by atomic mass is 9.82. The van der Waals surface area contributed by atoms with Gasteiger partial charge in [-0.2, -0.15) is 0 Å². The van der Waals surface area contributed by atoms with E-state index in [1.807, 2.05) is 0 Å². The summed E-state index contributed by atoms with van der Waals surface area (Å²) in [5, 5.41) is 3.38. The molecule has 3 nitrogen and oxygen atoms in total. The van der Waals surface area contributed by atoms with Crippen LogP contribution in [-0.4, -0.2) is 23.1 Å². The van der Waals surface area contributed by atoms with Crippen LogP contribution in [0.15, 0.2) is 0 Å². The Morgan fingerprint density at radius 3 is 2.24 bits per heavy atom. The second-order valence-electron chi connectivity index (χ2n) is 6.65. The molecule has 0 aromatic carbocycles. The Hall–Kier alpha value is -0.960. The van der Waals surface area contributed by atoms with E-state index in [1.54, 1.807) is 0 Å². The fourth-order valence-corrected chi connectivity index (χ4v) is 3.40. The van der Waals surface area contributed by atoms with Crippen LogP contribution in [0.4, 0.5) is 0 Å². The Morgan fingerprint density at radius 2 is 1.67 bits per heavy atom. The molecule has 1 aromatic rings. The van der Waals surface area contributed by atoms with Crippen molar-refractivity contribution in [3.63, 3.8) is 0 Å². The molecular formula is C18H31N3. The normalized spacial score (nSPS) is 22.5. The molecular weight excluding hydrogens is 258 g/mol. The molecule has 21 heavy (non-hydrogen) atoms. The molecule has 0 spiro atoms. The first kappa shape index (κ1) is 16.4. The highest BCUT2D eigenvalue weighted by molar-refractivity contribution is 5.25. The third-order valence-corrected chi connectivity index (χ3v) is 4.85. The van der Waals surface area contributed by atoms with Crippen LogP contribution in [0.5, 0.6) is 0 Å². The average Bonchev–Trinajstić information content (AvgIpc) is 2.46. The van der Waals surface area contributed by atoms with Gasteiger partial charge in [-0.15, -0.1) is 0 Å². The lowest BCUT2D eigenvalue weighted by Gasteiger charge is -2.25. The van der Waals surface area contributed by atoms with Crippen molar-refractivity contribution in [3.05, 3.63) is 22.8 Å². The summed E-state index contributed by atoms with van der Waals surface area (Å²) in [7, 11) is 0. The minimum atomic E-state index is 0.592. The summed E-state index contributed by atoms with van der Waals surface area (Å²) in [6.07, 6.45) is 7.44. The van der Waals surface area contributed by atoms with Gasteiger partial charge in [-0.3, -0.25) is 0 Å². The van der Waals surface area contributed by atoms with Gasteiger partial charge in [0.2, 0.25) is 0 Å². The highest BCUT2D eigenvalue weighted by atomic mass is 14.9. The van der Waals surface area contributed by atoms with Crippen molar-refractivity contribution in [3.8, 4) is 0 Å². The third kappa shape index (κ3) is 4.50. The molecule has 0 atom stereocenters. The second kappa shape index (κ2) is 7.88. The summed E-state index contributed by atoms with van der Waals surface area (Å²) in [4.78, 5) is 9.70. The van der Waals surface area contributed by atoms with E-state index in [0.717, 1.165) is 31.3 Å². The number of hydrogen-bond acceptors (Lipinski definition) is 3. The molecule has 1 aliphatic rings. The van der Waals surface area contributed by atoms with E-state index in [2.05, 4.69) is 33.0 Å². The fraction of sp³-hybridized carbons (Fsp3) is 0.778. The average molecular weight is 289 g/mol. The van der Waals surface area contributed by atoms with Crippen LogP contribution in [-0.2, 0) is 6.42 Å². The van der Waals surface area contributed by atoms with Gasteiger partial charge in [0.25, 0.3) is 0 Å². The molecule has 1 fully saturated rings. The van der Waals surface area contributed by atoms with Gasteiger partial charge >= 0.3 is 0 Å². The maximum atomic E-state index is 4.85. The van der Waals surface area contributed by atoms with Crippen molar-refractivity contribution in [2.24, 2.45) is 5.92 Å². The smallest absolute Gasteiger partial charge is 0.131 e. The summed E-state index contributed by atoms with van der Waals surface area (Å²) < 4.78 is 0. The SMILES string of the molecule is CCNCCCc1c(C)nc(C2CCC(C)CC2)nc1C. The van der Waals surface area contributed by atoms with E-state index in [0.29, 0.717) is 5.92 Å². The molecule has 0 unspecified atom stereocenters. The number of aromatic nitrogens is 2. The van der Waals surface area contributed by atoms with E-state index >= 15 is 0 Å². The molecule has 1 saturated carbocycles. The van der Waals surface area contributed by atoms with Crippen molar-refractivity contribution >= 4 is 0 Å². The zero-order chi connectivity index (χ0) is 15.2. The van der Waals surface area contributed by atoms with Gasteiger partial charge in [0.15, 0.2) is 0 Å². The second-order valence-corrected chi connectivity index (χ2v) is 6.65. The third-order valence-electron chi connectivity index (χ3n) is 4.85. The fourth-order valence-electron chi connectivity index (χ4n) is 3.40. The van der Waals surface area contributed by atoms with E-state index in [1.165, 1.54) is 49.1 Å². The van der Waals surface area contributed by atoms with E-state index in [4.69, 9.17) is 9.97 Å². The lowest BCUT2D eigenvalue weighted by molar-refractivity contribution is 0.339. The minimum Gasteiger partial charge on any atom is -0.317 e. The summed E-state index contributed by atoms with van der Waals surface area (Å²) in [5.74, 6) is 2.58. The highest BCUT2D eigenvalue weighted by Gasteiger charge is 2.23. The van der Waals surface area contributed by atoms with Crippen LogP contribution in [0.1, 0.15) is 74.6 Å². The van der Waals surface area contributed by atoms with Gasteiger partial charge in [-0.25, -0.2) is 9.97 Å². The van der Waals surface area contributed by atoms with Crippen molar-refractivity contribution < 1.29 is 0 Å². The lowest BCUT2D eigenvalue weighted by Crippen LogP contribution is -2.17. The number of aryl methyl sites for hydroxylation is 2. The van der Waals surface area contributed by atoms with Gasteiger partial charge in [-0.1, -0.05) is 26.7 Å². The van der Waals surface area contributed by atoms with Gasteiger partial charge < -0.3 is 5.32 Å². The van der Waals surface area contributed by atoms with E-state index < -0.39 is 0 Å². The zero-order valence-corrected chi connectivity index (χ0v) is 14.2. The first-order chi connectivity index (χ1) is 10.1. The number of rotatable bonds is 6. The van der Waals surface area contributed by atoms with Crippen LogP contribution in [0, 0.1) is 19.8 Å². The molecule has 0 amide bonds. The van der Waals surface area contributed by atoms with Crippen molar-refractivity contribution in [1.82, 2.24) is 15.3 Å². The maximum Gasteiger partial charge on any atom is 0.131 e. The number of nitrogens with zero attached hydrogens (tertiary/aromatic N) is 2. The molecule has 0 bridgehead atoms. The largest absolute Gasteiger partial charge is 0.317 e. The topological polar surface area (TPSA) is 37.8 Å². The molecule has 2 rings (SSSR count). The van der Waals surface area contributed by atoms with Gasteiger partial charge in [0.05, 0.1) is 0 Å². The molecule has 1 heterocycles. The molecule has 118 valence electrons. The molecule has 1 aromatic heterocycles. The molecule has 1 aliphatic carbocycles. The summed E-state index contributed by atoms with van der Waals surface area (Å²) in [5.41, 5.74) is 3.76. The maximum absolute atomic E-state index is 4.85. The van der Waals surface area contributed by atoms with Gasteiger partial charge in [0, 0.05) is 17.3 Å². The number of nitrogens with one attached hydrogen (secondary N) is 1. The first-order valence-electron chi connectivity index (χ1n) is 8.66. The molecule has 0 saturated heterocycles. The van der Waals surface area contributed by atoms with Gasteiger partial charge in [-0.05, 0) is 64.1 Å². The van der Waals surface area contributed by atoms with E-state index in [-0.39, 0.29) is 0 Å². The number of hydrogen-bond donors (Lipinski definition) is 1. The summed E-state index contributed by atoms with van der Waals surface area (Å²) in [6, 6.07) is 0. The highest BCUT2D eigenvalue weighted by Crippen LogP contribution is 2.34. The van der Waals surface area contributed by atoms with Crippen molar-refractivity contribution in [2.75, 3.05) is 13.1 Å². The van der Waals surface area contributed by atoms with Crippen LogP contribution in [0.3, 0.4) is 0 Å². The van der Waals surface area contributed by atoms with Crippen LogP contribution >= 0.6 is 0 Å². The Kier molecular flexibility index (Phi) is 6.16. The van der Waals surface area contributed by atoms with Crippen molar-refractivity contribution in [2.45, 2.75) is 72.1 Å². The Bertz CT molecular complexity index is 425. The Balaban J connectivity index is 2.02. The molecule has 3 heteroatoms. The summed E-state index contributed by atoms with van der Waals surface area (Å²) >= 11 is 0. The van der Waals surface area contributed by atoms with Crippen LogP contribution in [0.2, 0.25) is 0 Å². The molecule has 0 aliphatic heterocycles. The molecule has 1 N–H and O–H groups in total. The minimum absolute atomic E-state index is 0.592. The predicted octanol–water partition coefficient (Wildman–Crippen LogP) is 3.93. The Labute approximate surface area is 130 Å². The zero-order valence-electron chi connectivity index (χ0n) is 14.2. The van der Waals surface area contributed by atoms with Crippen LogP contribution in [0.25, 0.3) is 0 Å². The monoisotopic (exact) mass is 289 g/mol. The van der Waals surface area contributed by atoms with Crippen LogP contribution < -0.4 is 5.32 Å². The quantitative estimate of drug-likeness (QED) is 0.806. The molecule has 0 radical (unpaired) electrons. The predicted molar refractivity (Wildman–Crippen MR) is 88.7 cm³/mol. The van der Waals surface area contributed by atoms with Crippen molar-refractivity contribution in [1.29, 1.82) is 0 Å².